The van der Waals surface area contributed by atoms with E-state index in [4.69, 9.17) is 10.5 Å². The van der Waals surface area contributed by atoms with Crippen LogP contribution in [0.25, 0.3) is 0 Å². The fourth-order valence-electron chi connectivity index (χ4n) is 2.12. The van der Waals surface area contributed by atoms with E-state index in [-0.39, 0.29) is 33.7 Å². The van der Waals surface area contributed by atoms with Crippen molar-refractivity contribution >= 4 is 45.9 Å². The van der Waals surface area contributed by atoms with Gasteiger partial charge in [0.05, 0.1) is 17.9 Å². The number of ether oxygens (including phenoxy) is 1. The molecule has 0 saturated heterocycles. The molecule has 0 aliphatic heterocycles. The van der Waals surface area contributed by atoms with Gasteiger partial charge in [-0.1, -0.05) is 18.2 Å². The maximum Gasteiger partial charge on any atom is 0.348 e. The van der Waals surface area contributed by atoms with Gasteiger partial charge in [0.25, 0.3) is 5.91 Å². The number of thioether (sulfide) groups is 1. The van der Waals surface area contributed by atoms with Crippen LogP contribution in [0.15, 0.2) is 35.2 Å². The molecule has 6 nitrogen and oxygen atoms in total. The largest absolute Gasteiger partial charge is 0.462 e. The zero-order chi connectivity index (χ0) is 18.4. The lowest BCUT2D eigenvalue weighted by molar-refractivity contribution is -0.113. The van der Waals surface area contributed by atoms with Crippen LogP contribution in [0.4, 0.5) is 5.00 Å². The molecule has 2 rings (SSSR count). The number of rotatable bonds is 7. The Hall–Kier alpha value is -2.32. The van der Waals surface area contributed by atoms with Crippen molar-refractivity contribution < 1.29 is 19.1 Å². The van der Waals surface area contributed by atoms with E-state index in [0.717, 1.165) is 16.2 Å². The highest BCUT2D eigenvalue weighted by Crippen LogP contribution is 2.33. The van der Waals surface area contributed by atoms with E-state index < -0.39 is 11.9 Å². The predicted octanol–water partition coefficient (Wildman–Crippen LogP) is 3.06. The van der Waals surface area contributed by atoms with Crippen LogP contribution in [-0.4, -0.2) is 30.1 Å². The summed E-state index contributed by atoms with van der Waals surface area (Å²) in [4.78, 5) is 37.1. The summed E-state index contributed by atoms with van der Waals surface area (Å²) in [7, 11) is 0. The quantitative estimate of drug-likeness (QED) is 0.570. The summed E-state index contributed by atoms with van der Waals surface area (Å²) in [5.74, 6) is -1.34. The third-order valence-corrected chi connectivity index (χ3v) is 5.42. The molecule has 2 amide bonds. The number of nitrogens with one attached hydrogen (secondary N) is 1. The van der Waals surface area contributed by atoms with Crippen molar-refractivity contribution in [2.75, 3.05) is 17.7 Å². The highest BCUT2D eigenvalue weighted by molar-refractivity contribution is 8.00. The van der Waals surface area contributed by atoms with Gasteiger partial charge >= 0.3 is 5.97 Å². The minimum atomic E-state index is -0.699. The van der Waals surface area contributed by atoms with E-state index in [1.54, 1.807) is 13.8 Å². The molecule has 1 aromatic carbocycles. The van der Waals surface area contributed by atoms with Gasteiger partial charge in [-0.05, 0) is 31.5 Å². The number of carbonyl (C=O) groups is 3. The Morgan fingerprint density at radius 3 is 2.52 bits per heavy atom. The van der Waals surface area contributed by atoms with Crippen molar-refractivity contribution in [2.45, 2.75) is 18.7 Å². The van der Waals surface area contributed by atoms with Crippen LogP contribution in [0, 0.1) is 6.92 Å². The first-order valence-corrected chi connectivity index (χ1v) is 9.32. The standard InChI is InChI=1S/C17H18N2O4S2/c1-3-23-17(22)14-10(2)13(15(18)21)16(25-14)19-12(20)9-24-11-7-5-4-6-8-11/h4-8H,3,9H2,1-2H3,(H2,18,21)(H,19,20). The molecular formula is C17H18N2O4S2. The molecular weight excluding hydrogens is 360 g/mol. The van der Waals surface area contributed by atoms with Gasteiger partial charge < -0.3 is 15.8 Å². The van der Waals surface area contributed by atoms with E-state index in [1.165, 1.54) is 11.8 Å². The number of benzene rings is 1. The van der Waals surface area contributed by atoms with E-state index in [9.17, 15) is 14.4 Å². The molecule has 1 heterocycles. The van der Waals surface area contributed by atoms with Crippen LogP contribution in [0.3, 0.4) is 0 Å². The van der Waals surface area contributed by atoms with Crippen molar-refractivity contribution in [3.8, 4) is 0 Å². The number of nitrogens with two attached hydrogens (primary N) is 1. The van der Waals surface area contributed by atoms with E-state index in [1.807, 2.05) is 30.3 Å². The Kier molecular flexibility index (Phi) is 6.60. The predicted molar refractivity (Wildman–Crippen MR) is 99.3 cm³/mol. The molecule has 0 fully saturated rings. The van der Waals surface area contributed by atoms with Crippen molar-refractivity contribution in [3.63, 3.8) is 0 Å². The molecule has 0 saturated carbocycles. The fourth-order valence-corrected chi connectivity index (χ4v) is 3.96. The van der Waals surface area contributed by atoms with Crippen molar-refractivity contribution in [1.29, 1.82) is 0 Å². The number of anilines is 1. The molecule has 1 aromatic heterocycles. The Balaban J connectivity index is 2.14. The average molecular weight is 378 g/mol. The van der Waals surface area contributed by atoms with Crippen molar-refractivity contribution in [2.24, 2.45) is 5.73 Å². The molecule has 0 aliphatic rings. The monoisotopic (exact) mass is 378 g/mol. The molecule has 0 radical (unpaired) electrons. The van der Waals surface area contributed by atoms with Crippen LogP contribution in [-0.2, 0) is 9.53 Å². The van der Waals surface area contributed by atoms with Crippen LogP contribution in [0.2, 0.25) is 0 Å². The Morgan fingerprint density at radius 1 is 1.24 bits per heavy atom. The summed E-state index contributed by atoms with van der Waals surface area (Å²) in [5, 5.41) is 2.94. The maximum atomic E-state index is 12.2. The number of hydrogen-bond donors (Lipinski definition) is 2. The maximum absolute atomic E-state index is 12.2. The Morgan fingerprint density at radius 2 is 1.92 bits per heavy atom. The van der Waals surface area contributed by atoms with Gasteiger partial charge in [0, 0.05) is 4.90 Å². The second-order valence-electron chi connectivity index (χ2n) is 4.99. The minimum Gasteiger partial charge on any atom is -0.462 e. The summed E-state index contributed by atoms with van der Waals surface area (Å²) in [6.07, 6.45) is 0. The molecule has 132 valence electrons. The highest BCUT2D eigenvalue weighted by Gasteiger charge is 2.25. The highest BCUT2D eigenvalue weighted by atomic mass is 32.2. The number of thiophene rings is 1. The lowest BCUT2D eigenvalue weighted by atomic mass is 10.1. The molecule has 0 unspecified atom stereocenters. The smallest absolute Gasteiger partial charge is 0.348 e. The average Bonchev–Trinajstić information content (AvgIpc) is 2.90. The van der Waals surface area contributed by atoms with E-state index >= 15 is 0 Å². The molecule has 3 N–H and O–H groups in total. The minimum absolute atomic E-state index is 0.145. The zero-order valence-electron chi connectivity index (χ0n) is 13.8. The second kappa shape index (κ2) is 8.68. The molecule has 0 atom stereocenters. The molecule has 25 heavy (non-hydrogen) atoms. The number of carbonyl (C=O) groups excluding carboxylic acids is 3. The number of esters is 1. The summed E-state index contributed by atoms with van der Waals surface area (Å²) >= 11 is 2.37. The van der Waals surface area contributed by atoms with Gasteiger partial charge in [-0.3, -0.25) is 9.59 Å². The first-order chi connectivity index (χ1) is 11.9. The van der Waals surface area contributed by atoms with E-state index in [2.05, 4.69) is 5.32 Å². The van der Waals surface area contributed by atoms with Crippen molar-refractivity contribution in [1.82, 2.24) is 0 Å². The molecule has 2 aromatic rings. The summed E-state index contributed by atoms with van der Waals surface area (Å²) < 4.78 is 4.97. The number of amides is 2. The fraction of sp³-hybridized carbons (Fsp3) is 0.235. The molecule has 8 heteroatoms. The molecule has 0 spiro atoms. The van der Waals surface area contributed by atoms with Gasteiger partial charge in [-0.15, -0.1) is 23.1 Å². The SMILES string of the molecule is CCOC(=O)c1sc(NC(=O)CSc2ccccc2)c(C(N)=O)c1C. The van der Waals surface area contributed by atoms with Crippen LogP contribution < -0.4 is 11.1 Å². The number of primary amides is 1. The lowest BCUT2D eigenvalue weighted by Crippen LogP contribution is -2.18. The zero-order valence-corrected chi connectivity index (χ0v) is 15.5. The topological polar surface area (TPSA) is 98.5 Å². The number of hydrogen-bond acceptors (Lipinski definition) is 6. The first kappa shape index (κ1) is 19.0. The Labute approximate surface area is 153 Å². The summed E-state index contributed by atoms with van der Waals surface area (Å²) in [6.45, 7) is 3.52. The molecule has 0 aliphatic carbocycles. The third kappa shape index (κ3) is 4.83. The van der Waals surface area contributed by atoms with Crippen LogP contribution >= 0.6 is 23.1 Å². The third-order valence-electron chi connectivity index (χ3n) is 3.22. The van der Waals surface area contributed by atoms with E-state index in [0.29, 0.717) is 5.56 Å². The van der Waals surface area contributed by atoms with Gasteiger partial charge in [0.1, 0.15) is 9.88 Å². The van der Waals surface area contributed by atoms with Gasteiger partial charge in [-0.25, -0.2) is 4.79 Å². The van der Waals surface area contributed by atoms with Crippen LogP contribution in [0.5, 0.6) is 0 Å². The normalized spacial score (nSPS) is 10.3. The Bertz CT molecular complexity index is 787. The molecule has 0 bridgehead atoms. The van der Waals surface area contributed by atoms with Gasteiger partial charge in [-0.2, -0.15) is 0 Å². The first-order valence-electron chi connectivity index (χ1n) is 7.52. The van der Waals surface area contributed by atoms with Crippen LogP contribution in [0.1, 0.15) is 32.5 Å². The summed E-state index contributed by atoms with van der Waals surface area (Å²) in [5.41, 5.74) is 5.97. The van der Waals surface area contributed by atoms with Crippen molar-refractivity contribution in [3.05, 3.63) is 46.3 Å². The second-order valence-corrected chi connectivity index (χ2v) is 7.06. The lowest BCUT2D eigenvalue weighted by Gasteiger charge is -2.05. The summed E-state index contributed by atoms with van der Waals surface area (Å²) in [6, 6.07) is 9.48. The van der Waals surface area contributed by atoms with Gasteiger partial charge in [0.15, 0.2) is 0 Å². The van der Waals surface area contributed by atoms with Gasteiger partial charge in [0.2, 0.25) is 5.91 Å².